The van der Waals surface area contributed by atoms with E-state index >= 15 is 0 Å². The maximum atomic E-state index is 12.8. The molecule has 6 heteroatoms. The molecule has 394 valence electrons. The Morgan fingerprint density at radius 2 is 0.629 bits per heavy atom. The van der Waals surface area contributed by atoms with E-state index in [1.54, 1.807) is 0 Å². The highest BCUT2D eigenvalue weighted by atomic mass is 16.6. The Hall–Kier alpha value is -4.45. The number of ether oxygens (including phenoxy) is 3. The lowest BCUT2D eigenvalue weighted by Gasteiger charge is -2.18. The van der Waals surface area contributed by atoms with Crippen LogP contribution in [0.5, 0.6) is 0 Å². The molecule has 0 amide bonds. The number of allylic oxidation sites excluding steroid dienone is 22. The second-order valence-corrected chi connectivity index (χ2v) is 18.2. The standard InChI is InChI=1S/C64H102O6/c1-4-7-10-13-16-19-22-25-28-31-32-34-36-39-42-45-48-51-54-57-63(66)69-60-61(59-68-62(65)56-53-50-47-44-41-38-35-30-27-24-21-18-15-12-9-6-3)70-64(67)58-55-52-49-46-43-40-37-33-29-26-23-20-17-14-11-8-5-2/h8-9,11-12,14,17-18,20-21,23,26-27,29-33,37-38,40-41,43,61H,4-7,10,13,15-16,19,22,24-25,28,34-36,39,42,44-60H2,1-3H3/b11-8-,12-9-,17-14-,21-18-,23-20-,29-26-,30-27-,32-31-,37-33+,41-38-,43-40-. The Kier molecular flexibility index (Phi) is 53.5. The molecule has 0 aromatic rings. The van der Waals surface area contributed by atoms with Crippen LogP contribution >= 0.6 is 0 Å². The van der Waals surface area contributed by atoms with Gasteiger partial charge in [0.1, 0.15) is 13.2 Å². The molecule has 0 aliphatic rings. The first-order valence-electron chi connectivity index (χ1n) is 28.3. The predicted molar refractivity (Wildman–Crippen MR) is 302 cm³/mol. The van der Waals surface area contributed by atoms with E-state index in [2.05, 4.69) is 93.7 Å². The van der Waals surface area contributed by atoms with Crippen LogP contribution in [0, 0.1) is 0 Å². The molecule has 0 saturated heterocycles. The Bertz CT molecular complexity index is 1530. The van der Waals surface area contributed by atoms with Gasteiger partial charge < -0.3 is 14.2 Å². The molecule has 0 aromatic carbocycles. The molecule has 0 spiro atoms. The fourth-order valence-electron chi connectivity index (χ4n) is 7.34. The number of rotatable bonds is 49. The third-order valence-electron chi connectivity index (χ3n) is 11.5. The van der Waals surface area contributed by atoms with Gasteiger partial charge in [-0.2, -0.15) is 0 Å². The highest BCUT2D eigenvalue weighted by Crippen LogP contribution is 2.14. The average Bonchev–Trinajstić information content (AvgIpc) is 3.36. The van der Waals surface area contributed by atoms with E-state index in [1.807, 2.05) is 60.8 Å². The molecule has 70 heavy (non-hydrogen) atoms. The highest BCUT2D eigenvalue weighted by molar-refractivity contribution is 5.71. The molecule has 0 fully saturated rings. The van der Waals surface area contributed by atoms with Crippen LogP contribution in [0.15, 0.2) is 134 Å². The van der Waals surface area contributed by atoms with Gasteiger partial charge >= 0.3 is 17.9 Å². The van der Waals surface area contributed by atoms with E-state index in [-0.39, 0.29) is 37.5 Å². The van der Waals surface area contributed by atoms with E-state index in [4.69, 9.17) is 14.2 Å². The molecule has 1 unspecified atom stereocenters. The van der Waals surface area contributed by atoms with Crippen LogP contribution in [-0.2, 0) is 28.6 Å². The van der Waals surface area contributed by atoms with Crippen molar-refractivity contribution < 1.29 is 28.6 Å². The summed E-state index contributed by atoms with van der Waals surface area (Å²) in [7, 11) is 0. The molecule has 0 radical (unpaired) electrons. The lowest BCUT2D eigenvalue weighted by atomic mass is 10.1. The first kappa shape index (κ1) is 65.5. The lowest BCUT2D eigenvalue weighted by molar-refractivity contribution is -0.167. The van der Waals surface area contributed by atoms with Gasteiger partial charge in [0.05, 0.1) is 0 Å². The van der Waals surface area contributed by atoms with Gasteiger partial charge in [0, 0.05) is 19.3 Å². The fraction of sp³-hybridized carbons (Fsp3) is 0.609. The van der Waals surface area contributed by atoms with Crippen LogP contribution < -0.4 is 0 Å². The van der Waals surface area contributed by atoms with Gasteiger partial charge in [-0.05, 0) is 103 Å². The van der Waals surface area contributed by atoms with E-state index in [0.29, 0.717) is 19.3 Å². The number of carbonyl (C=O) groups excluding carboxylic acids is 3. The molecule has 0 heterocycles. The highest BCUT2D eigenvalue weighted by Gasteiger charge is 2.19. The number of carbonyl (C=O) groups is 3. The molecule has 6 nitrogen and oxygen atoms in total. The summed E-state index contributed by atoms with van der Waals surface area (Å²) in [6.45, 7) is 6.31. The third-order valence-corrected chi connectivity index (χ3v) is 11.5. The first-order valence-corrected chi connectivity index (χ1v) is 28.3. The number of hydrogen-bond acceptors (Lipinski definition) is 6. The molecule has 0 aliphatic carbocycles. The zero-order chi connectivity index (χ0) is 50.7. The number of esters is 3. The van der Waals surface area contributed by atoms with Crippen molar-refractivity contribution in [3.05, 3.63) is 134 Å². The van der Waals surface area contributed by atoms with E-state index in [0.717, 1.165) is 96.3 Å². The van der Waals surface area contributed by atoms with Crippen molar-refractivity contribution in [3.63, 3.8) is 0 Å². The normalized spacial score (nSPS) is 13.1. The summed E-state index contributed by atoms with van der Waals surface area (Å²) >= 11 is 0. The summed E-state index contributed by atoms with van der Waals surface area (Å²) < 4.78 is 16.8. The van der Waals surface area contributed by atoms with Crippen LogP contribution in [0.3, 0.4) is 0 Å². The second-order valence-electron chi connectivity index (χ2n) is 18.2. The third kappa shape index (κ3) is 54.5. The summed E-state index contributed by atoms with van der Waals surface area (Å²) in [6, 6.07) is 0. The minimum absolute atomic E-state index is 0.113. The SMILES string of the molecule is CC\C=C/C=C\C=C/C=C\C=C\C=C/CCCCCC(=O)OC(COC(=O)CCCCC/C=C\C/C=C\C/C=C\C/C=C\CC)COC(=O)CCCCCCCCC/C=C\CCCCCCCCCC. The predicted octanol–water partition coefficient (Wildman–Crippen LogP) is 19.0. The maximum absolute atomic E-state index is 12.8. The molecular weight excluding hydrogens is 865 g/mol. The Balaban J connectivity index is 4.54. The van der Waals surface area contributed by atoms with Crippen LogP contribution in [0.2, 0.25) is 0 Å². The quantitative estimate of drug-likeness (QED) is 0.0199. The van der Waals surface area contributed by atoms with Crippen LogP contribution in [0.1, 0.15) is 233 Å². The summed E-state index contributed by atoms with van der Waals surface area (Å²) in [5.41, 5.74) is 0. The Labute approximate surface area is 430 Å². The van der Waals surface area contributed by atoms with Crippen molar-refractivity contribution in [2.24, 2.45) is 0 Å². The van der Waals surface area contributed by atoms with Gasteiger partial charge in [-0.15, -0.1) is 0 Å². The van der Waals surface area contributed by atoms with E-state index < -0.39 is 6.10 Å². The minimum atomic E-state index is -0.822. The molecule has 0 N–H and O–H groups in total. The summed E-state index contributed by atoms with van der Waals surface area (Å²) in [5.74, 6) is -0.998. The van der Waals surface area contributed by atoms with E-state index in [9.17, 15) is 14.4 Å². The van der Waals surface area contributed by atoms with Gasteiger partial charge in [0.2, 0.25) is 0 Å². The monoisotopic (exact) mass is 967 g/mol. The summed E-state index contributed by atoms with van der Waals surface area (Å²) in [4.78, 5) is 38.1. The van der Waals surface area contributed by atoms with Gasteiger partial charge in [-0.3, -0.25) is 14.4 Å². The van der Waals surface area contributed by atoms with Crippen LogP contribution in [0.4, 0.5) is 0 Å². The molecule has 0 bridgehead atoms. The Morgan fingerprint density at radius 3 is 1.07 bits per heavy atom. The minimum Gasteiger partial charge on any atom is -0.462 e. The zero-order valence-electron chi connectivity index (χ0n) is 45.0. The molecule has 0 rings (SSSR count). The fourth-order valence-corrected chi connectivity index (χ4v) is 7.34. The van der Waals surface area contributed by atoms with Crippen molar-refractivity contribution in [2.75, 3.05) is 13.2 Å². The van der Waals surface area contributed by atoms with Crippen molar-refractivity contribution >= 4 is 17.9 Å². The van der Waals surface area contributed by atoms with Crippen LogP contribution in [-0.4, -0.2) is 37.2 Å². The smallest absolute Gasteiger partial charge is 0.306 e. The maximum Gasteiger partial charge on any atom is 0.306 e. The molecule has 0 saturated carbocycles. The second kappa shape index (κ2) is 57.1. The van der Waals surface area contributed by atoms with Crippen molar-refractivity contribution in [3.8, 4) is 0 Å². The molecule has 0 aromatic heterocycles. The Morgan fingerprint density at radius 1 is 0.314 bits per heavy atom. The van der Waals surface area contributed by atoms with Gasteiger partial charge in [-0.25, -0.2) is 0 Å². The van der Waals surface area contributed by atoms with Crippen molar-refractivity contribution in [1.29, 1.82) is 0 Å². The topological polar surface area (TPSA) is 78.9 Å². The molecular formula is C64H102O6. The zero-order valence-corrected chi connectivity index (χ0v) is 45.0. The first-order chi connectivity index (χ1) is 34.5. The number of hydrogen-bond donors (Lipinski definition) is 0. The summed E-state index contributed by atoms with van der Waals surface area (Å²) in [5, 5.41) is 0. The van der Waals surface area contributed by atoms with Crippen molar-refractivity contribution in [1.82, 2.24) is 0 Å². The lowest BCUT2D eigenvalue weighted by Crippen LogP contribution is -2.30. The van der Waals surface area contributed by atoms with Gasteiger partial charge in [-0.1, -0.05) is 244 Å². The van der Waals surface area contributed by atoms with Crippen molar-refractivity contribution in [2.45, 2.75) is 239 Å². The average molecular weight is 968 g/mol. The van der Waals surface area contributed by atoms with Gasteiger partial charge in [0.15, 0.2) is 6.10 Å². The van der Waals surface area contributed by atoms with Crippen LogP contribution in [0.25, 0.3) is 0 Å². The largest absolute Gasteiger partial charge is 0.462 e. The number of unbranched alkanes of at least 4 members (excludes halogenated alkanes) is 21. The van der Waals surface area contributed by atoms with Gasteiger partial charge in [0.25, 0.3) is 0 Å². The molecule has 1 atom stereocenters. The van der Waals surface area contributed by atoms with E-state index in [1.165, 1.54) is 89.9 Å². The molecule has 0 aliphatic heterocycles. The summed E-state index contributed by atoms with van der Waals surface area (Å²) in [6.07, 6.45) is 80.1.